The van der Waals surface area contributed by atoms with E-state index >= 15 is 0 Å². The van der Waals surface area contributed by atoms with Crippen molar-refractivity contribution in [3.63, 3.8) is 0 Å². The highest BCUT2D eigenvalue weighted by Crippen LogP contribution is 2.29. The first-order valence-corrected chi connectivity index (χ1v) is 10.5. The van der Waals surface area contributed by atoms with Gasteiger partial charge in [-0.2, -0.15) is 10.1 Å². The van der Waals surface area contributed by atoms with Gasteiger partial charge in [0.15, 0.2) is 17.5 Å². The largest absolute Gasteiger partial charge is 0.573 e. The first-order valence-electron chi connectivity index (χ1n) is 10.5. The minimum atomic E-state index is -4.77. The number of rotatable bonds is 5. The van der Waals surface area contributed by atoms with Crippen molar-refractivity contribution < 1.29 is 27.0 Å². The number of hydrogen-bond donors (Lipinski definition) is 1. The molecule has 0 amide bonds. The lowest BCUT2D eigenvalue weighted by molar-refractivity contribution is -0.274. The maximum atomic E-state index is 14.5. The Bertz CT molecular complexity index is 1150. The quantitative estimate of drug-likeness (QED) is 0.531. The van der Waals surface area contributed by atoms with Gasteiger partial charge in [0.25, 0.3) is 0 Å². The van der Waals surface area contributed by atoms with Crippen molar-refractivity contribution in [3.8, 4) is 16.9 Å². The van der Waals surface area contributed by atoms with Crippen molar-refractivity contribution in [1.29, 1.82) is 0 Å². The molecule has 0 saturated carbocycles. The summed E-state index contributed by atoms with van der Waals surface area (Å²) in [5, 5.41) is 10.9. The summed E-state index contributed by atoms with van der Waals surface area (Å²) in [6.07, 6.45) is -3.73. The van der Waals surface area contributed by atoms with Gasteiger partial charge in [0, 0.05) is 18.7 Å². The fourth-order valence-corrected chi connectivity index (χ4v) is 3.70. The number of morpholine rings is 1. The lowest BCUT2D eigenvalue weighted by atomic mass is 10.1. The third kappa shape index (κ3) is 5.68. The predicted molar refractivity (Wildman–Crippen MR) is 116 cm³/mol. The number of alkyl halides is 3. The number of aromatic nitrogens is 4. The smallest absolute Gasteiger partial charge is 0.406 e. The summed E-state index contributed by atoms with van der Waals surface area (Å²) in [7, 11) is 0. The molecule has 0 unspecified atom stereocenters. The van der Waals surface area contributed by atoms with E-state index in [0.29, 0.717) is 35.9 Å². The van der Waals surface area contributed by atoms with Crippen LogP contribution in [-0.4, -0.2) is 51.8 Å². The van der Waals surface area contributed by atoms with Crippen LogP contribution in [0.1, 0.15) is 19.5 Å². The molecule has 1 N–H and O–H groups in total. The zero-order chi connectivity index (χ0) is 24.5. The summed E-state index contributed by atoms with van der Waals surface area (Å²) in [5.74, 6) is -0.517. The average molecular weight is 478 g/mol. The first kappa shape index (κ1) is 23.6. The normalized spacial score (nSPS) is 18.6. The van der Waals surface area contributed by atoms with Gasteiger partial charge in [-0.25, -0.2) is 9.37 Å². The molecule has 0 bridgehead atoms. The molecule has 1 aromatic carbocycles. The van der Waals surface area contributed by atoms with Crippen LogP contribution in [0, 0.1) is 12.7 Å². The third-order valence-electron chi connectivity index (χ3n) is 5.06. The topological polar surface area (TPSA) is 85.3 Å². The highest BCUT2D eigenvalue weighted by atomic mass is 19.4. The predicted octanol–water partition coefficient (Wildman–Crippen LogP) is 4.64. The fourth-order valence-electron chi connectivity index (χ4n) is 3.70. The second kappa shape index (κ2) is 9.37. The van der Waals surface area contributed by atoms with Gasteiger partial charge >= 0.3 is 6.36 Å². The average Bonchev–Trinajstić information content (AvgIpc) is 2.75. The molecule has 2 atom stereocenters. The van der Waals surface area contributed by atoms with Crippen LogP contribution >= 0.6 is 0 Å². The van der Waals surface area contributed by atoms with Crippen molar-refractivity contribution in [2.45, 2.75) is 39.3 Å². The number of benzene rings is 1. The maximum Gasteiger partial charge on any atom is 0.573 e. The number of hydrogen-bond acceptors (Lipinski definition) is 8. The summed E-state index contributed by atoms with van der Waals surface area (Å²) in [5.41, 5.74) is 1.72. The van der Waals surface area contributed by atoms with E-state index in [4.69, 9.17) is 4.74 Å². The molecular weight excluding hydrogens is 456 g/mol. The van der Waals surface area contributed by atoms with Crippen LogP contribution in [0.2, 0.25) is 0 Å². The van der Waals surface area contributed by atoms with Crippen LogP contribution in [0.5, 0.6) is 5.75 Å². The highest BCUT2D eigenvalue weighted by Gasteiger charge is 2.31. The Morgan fingerprint density at radius 1 is 1.09 bits per heavy atom. The molecule has 3 aromatic rings. The zero-order valence-electron chi connectivity index (χ0n) is 18.6. The highest BCUT2D eigenvalue weighted by molar-refractivity contribution is 5.70. The summed E-state index contributed by atoms with van der Waals surface area (Å²) in [4.78, 5) is 10.3. The molecule has 1 fully saturated rings. The van der Waals surface area contributed by atoms with Crippen molar-refractivity contribution in [1.82, 2.24) is 20.2 Å². The van der Waals surface area contributed by atoms with Crippen molar-refractivity contribution >= 4 is 17.6 Å². The molecule has 0 spiro atoms. The maximum absolute atomic E-state index is 14.5. The van der Waals surface area contributed by atoms with Crippen LogP contribution < -0.4 is 15.0 Å². The van der Waals surface area contributed by atoms with E-state index < -0.39 is 12.2 Å². The van der Waals surface area contributed by atoms with Crippen LogP contribution in [0.3, 0.4) is 0 Å². The van der Waals surface area contributed by atoms with Crippen molar-refractivity contribution in [2.75, 3.05) is 23.3 Å². The molecule has 2 aromatic heterocycles. The van der Waals surface area contributed by atoms with Crippen LogP contribution in [0.25, 0.3) is 11.1 Å². The zero-order valence-corrected chi connectivity index (χ0v) is 18.6. The summed E-state index contributed by atoms with van der Waals surface area (Å²) in [6.45, 7) is 6.72. The van der Waals surface area contributed by atoms with E-state index in [1.165, 1.54) is 24.3 Å². The van der Waals surface area contributed by atoms with Crippen molar-refractivity contribution in [2.24, 2.45) is 0 Å². The van der Waals surface area contributed by atoms with Crippen LogP contribution in [0.4, 0.5) is 35.1 Å². The summed E-state index contributed by atoms with van der Waals surface area (Å²) >= 11 is 0. The number of anilines is 3. The molecule has 0 radical (unpaired) electrons. The minimum Gasteiger partial charge on any atom is -0.406 e. The van der Waals surface area contributed by atoms with E-state index in [1.807, 2.05) is 18.7 Å². The minimum absolute atomic E-state index is 0.0211. The molecule has 34 heavy (non-hydrogen) atoms. The van der Waals surface area contributed by atoms with Gasteiger partial charge in [-0.05, 0) is 44.5 Å². The van der Waals surface area contributed by atoms with Gasteiger partial charge in [-0.3, -0.25) is 0 Å². The van der Waals surface area contributed by atoms with Gasteiger partial charge in [0.2, 0.25) is 5.95 Å². The van der Waals surface area contributed by atoms with E-state index in [2.05, 4.69) is 30.2 Å². The molecule has 1 saturated heterocycles. The number of halogens is 4. The molecule has 180 valence electrons. The fraction of sp³-hybridized carbons (Fsp3) is 0.364. The SMILES string of the molecule is Cc1nnc(Nc2nc(N3C[C@@H](C)O[C@@H](C)C3)ncc2F)cc1-c1ccc(OC(F)(F)F)cc1. The molecule has 1 aliphatic heterocycles. The lowest BCUT2D eigenvalue weighted by Crippen LogP contribution is -2.46. The van der Waals surface area contributed by atoms with E-state index in [9.17, 15) is 17.6 Å². The lowest BCUT2D eigenvalue weighted by Gasteiger charge is -2.35. The van der Waals surface area contributed by atoms with Crippen LogP contribution in [0.15, 0.2) is 36.5 Å². The standard InChI is InChI=1S/C22H22F4N6O2/c1-12-10-32(11-13(2)33-12)21-27-9-18(23)20(29-21)28-19-8-17(14(3)30-31-19)15-4-6-16(7-5-15)34-22(24,25)26/h4-9,12-13H,10-11H2,1-3H3,(H,27,28,29,31)/t12-,13+. The Balaban J connectivity index is 1.57. The van der Waals surface area contributed by atoms with E-state index in [-0.39, 0.29) is 29.6 Å². The Hall–Kier alpha value is -3.54. The first-order chi connectivity index (χ1) is 16.1. The van der Waals surface area contributed by atoms with E-state index in [0.717, 1.165) is 6.20 Å². The second-order valence-corrected chi connectivity index (χ2v) is 7.95. The van der Waals surface area contributed by atoms with Gasteiger partial charge in [0.1, 0.15) is 5.75 Å². The molecule has 0 aliphatic carbocycles. The second-order valence-electron chi connectivity index (χ2n) is 7.95. The molecule has 4 rings (SSSR count). The molecular formula is C22H22F4N6O2. The third-order valence-corrected chi connectivity index (χ3v) is 5.06. The molecule has 12 heteroatoms. The molecule has 3 heterocycles. The Morgan fingerprint density at radius 3 is 2.41 bits per heavy atom. The number of nitrogens with zero attached hydrogens (tertiary/aromatic N) is 5. The summed E-state index contributed by atoms with van der Waals surface area (Å²) in [6, 6.07) is 6.97. The molecule has 8 nitrogen and oxygen atoms in total. The summed E-state index contributed by atoms with van der Waals surface area (Å²) < 4.78 is 61.3. The van der Waals surface area contributed by atoms with Gasteiger partial charge in [-0.15, -0.1) is 18.3 Å². The molecule has 1 aliphatic rings. The van der Waals surface area contributed by atoms with Crippen LogP contribution in [-0.2, 0) is 4.74 Å². The Labute approximate surface area is 193 Å². The number of nitrogens with one attached hydrogen (secondary N) is 1. The van der Waals surface area contributed by atoms with Gasteiger partial charge < -0.3 is 19.7 Å². The van der Waals surface area contributed by atoms with Crippen molar-refractivity contribution in [3.05, 3.63) is 48.0 Å². The van der Waals surface area contributed by atoms with E-state index in [1.54, 1.807) is 13.0 Å². The Morgan fingerprint density at radius 2 is 1.76 bits per heavy atom. The number of aryl methyl sites for hydroxylation is 1. The van der Waals surface area contributed by atoms with Gasteiger partial charge in [-0.1, -0.05) is 12.1 Å². The van der Waals surface area contributed by atoms with Gasteiger partial charge in [0.05, 0.1) is 24.1 Å². The Kier molecular flexibility index (Phi) is 6.51. The number of ether oxygens (including phenoxy) is 2. The monoisotopic (exact) mass is 478 g/mol.